The summed E-state index contributed by atoms with van der Waals surface area (Å²) in [6.45, 7) is 6.05. The van der Waals surface area contributed by atoms with Crippen LogP contribution in [0.25, 0.3) is 0 Å². The van der Waals surface area contributed by atoms with E-state index in [-0.39, 0.29) is 0 Å². The first-order valence-electron chi connectivity index (χ1n) is 11.5. The van der Waals surface area contributed by atoms with Crippen molar-refractivity contribution in [3.8, 4) is 0 Å². The summed E-state index contributed by atoms with van der Waals surface area (Å²) in [5.74, 6) is 0. The molecule has 0 amide bonds. The van der Waals surface area contributed by atoms with Gasteiger partial charge in [-0.25, -0.2) is 0 Å². The molecule has 1 fully saturated rings. The molecule has 0 bridgehead atoms. The fourth-order valence-corrected chi connectivity index (χ4v) is 3.54. The molecule has 0 spiro atoms. The van der Waals surface area contributed by atoms with Crippen LogP contribution in [-0.4, -0.2) is 0 Å². The van der Waals surface area contributed by atoms with Crippen molar-refractivity contribution in [2.24, 2.45) is 0 Å². The highest BCUT2D eigenvalue weighted by molar-refractivity contribution is 4.65. The van der Waals surface area contributed by atoms with Crippen molar-refractivity contribution in [3.05, 3.63) is 12.7 Å². The number of hydrogen-bond donors (Lipinski definition) is 0. The summed E-state index contributed by atoms with van der Waals surface area (Å²) in [5.41, 5.74) is 0. The zero-order valence-electron chi connectivity index (χ0n) is 17.1. The lowest BCUT2D eigenvalue weighted by molar-refractivity contribution is 0.504. The second kappa shape index (κ2) is 22.7. The first-order chi connectivity index (χ1) is 11.9. The fraction of sp³-hybridized carbons (Fsp3) is 0.917. The van der Waals surface area contributed by atoms with Crippen molar-refractivity contribution in [2.45, 2.75) is 142 Å². The van der Waals surface area contributed by atoms with Crippen LogP contribution in [0.2, 0.25) is 0 Å². The molecule has 1 rings (SSSR count). The largest absolute Gasteiger partial charge is 0.103 e. The summed E-state index contributed by atoms with van der Waals surface area (Å²) >= 11 is 0. The fourth-order valence-electron chi connectivity index (χ4n) is 3.54. The van der Waals surface area contributed by atoms with E-state index in [0.29, 0.717) is 0 Å². The van der Waals surface area contributed by atoms with Gasteiger partial charge in [0.25, 0.3) is 0 Å². The molecule has 0 N–H and O–H groups in total. The van der Waals surface area contributed by atoms with Gasteiger partial charge >= 0.3 is 0 Å². The first-order valence-corrected chi connectivity index (χ1v) is 11.5. The SMILES string of the molecule is C1CCCCC1.C=CCCCCCCCCCCCCCCCC. The lowest BCUT2D eigenvalue weighted by atomic mass is 10.0. The van der Waals surface area contributed by atoms with Crippen LogP contribution in [0.15, 0.2) is 12.7 Å². The predicted molar refractivity (Wildman–Crippen MR) is 113 cm³/mol. The molecule has 0 heterocycles. The molecular weight excluding hydrogens is 288 g/mol. The second-order valence-corrected chi connectivity index (χ2v) is 7.79. The zero-order valence-corrected chi connectivity index (χ0v) is 17.1. The number of hydrogen-bond acceptors (Lipinski definition) is 0. The van der Waals surface area contributed by atoms with Gasteiger partial charge in [0.1, 0.15) is 0 Å². The van der Waals surface area contributed by atoms with Gasteiger partial charge in [0.2, 0.25) is 0 Å². The van der Waals surface area contributed by atoms with E-state index < -0.39 is 0 Å². The summed E-state index contributed by atoms with van der Waals surface area (Å²) < 4.78 is 0. The van der Waals surface area contributed by atoms with Crippen LogP contribution < -0.4 is 0 Å². The minimum Gasteiger partial charge on any atom is -0.103 e. The highest BCUT2D eigenvalue weighted by Gasteiger charge is 1.95. The van der Waals surface area contributed by atoms with Crippen LogP contribution in [0.3, 0.4) is 0 Å². The monoisotopic (exact) mass is 336 g/mol. The van der Waals surface area contributed by atoms with E-state index in [0.717, 1.165) is 0 Å². The maximum atomic E-state index is 3.76. The molecule has 0 aliphatic heterocycles. The Hall–Kier alpha value is -0.260. The van der Waals surface area contributed by atoms with Gasteiger partial charge in [0, 0.05) is 0 Å². The van der Waals surface area contributed by atoms with Gasteiger partial charge in [0.05, 0.1) is 0 Å². The lowest BCUT2D eigenvalue weighted by Crippen LogP contribution is -1.85. The lowest BCUT2D eigenvalue weighted by Gasteiger charge is -2.05. The molecule has 0 saturated heterocycles. The number of allylic oxidation sites excluding steroid dienone is 1. The molecule has 1 aliphatic carbocycles. The molecule has 24 heavy (non-hydrogen) atoms. The number of unbranched alkanes of at least 4 members (excludes halogenated alkanes) is 14. The van der Waals surface area contributed by atoms with Crippen LogP contribution in [0.5, 0.6) is 0 Å². The van der Waals surface area contributed by atoms with Gasteiger partial charge in [-0.05, 0) is 12.8 Å². The Kier molecular flexibility index (Phi) is 22.5. The third-order valence-electron chi connectivity index (χ3n) is 5.26. The van der Waals surface area contributed by atoms with E-state index in [1.54, 1.807) is 0 Å². The molecule has 144 valence electrons. The van der Waals surface area contributed by atoms with Crippen molar-refractivity contribution in [1.82, 2.24) is 0 Å². The average Bonchev–Trinajstić information content (AvgIpc) is 2.64. The Morgan fingerprint density at radius 2 is 0.792 bits per heavy atom. The summed E-state index contributed by atoms with van der Waals surface area (Å²) in [5, 5.41) is 0. The van der Waals surface area contributed by atoms with Crippen LogP contribution in [-0.2, 0) is 0 Å². The van der Waals surface area contributed by atoms with E-state index in [1.165, 1.54) is 135 Å². The van der Waals surface area contributed by atoms with Gasteiger partial charge in [-0.1, -0.05) is 135 Å². The molecule has 0 atom stereocenters. The molecule has 0 radical (unpaired) electrons. The molecule has 0 unspecified atom stereocenters. The van der Waals surface area contributed by atoms with Crippen LogP contribution in [0.1, 0.15) is 142 Å². The van der Waals surface area contributed by atoms with E-state index in [1.807, 2.05) is 6.08 Å². The molecule has 0 heteroatoms. The standard InChI is InChI=1S/C18H36.C6H12/c1-3-5-7-9-11-13-15-17-18-16-14-12-10-8-6-4-2;1-2-4-6-5-3-1/h3H,1,4-18H2,2H3;1-6H2. The smallest absolute Gasteiger partial charge is 0.0353 e. The summed E-state index contributed by atoms with van der Waals surface area (Å²) in [7, 11) is 0. The van der Waals surface area contributed by atoms with Crippen molar-refractivity contribution >= 4 is 0 Å². The van der Waals surface area contributed by atoms with Gasteiger partial charge in [-0.3, -0.25) is 0 Å². The Balaban J connectivity index is 0.000000728. The van der Waals surface area contributed by atoms with Crippen LogP contribution in [0, 0.1) is 0 Å². The van der Waals surface area contributed by atoms with Crippen molar-refractivity contribution in [1.29, 1.82) is 0 Å². The highest BCUT2D eigenvalue weighted by atomic mass is 14.0. The minimum atomic E-state index is 1.21. The van der Waals surface area contributed by atoms with Crippen LogP contribution in [0.4, 0.5) is 0 Å². The third kappa shape index (κ3) is 21.7. The maximum absolute atomic E-state index is 3.76. The quantitative estimate of drug-likeness (QED) is 0.206. The van der Waals surface area contributed by atoms with E-state index in [4.69, 9.17) is 0 Å². The Labute approximate surface area is 154 Å². The Morgan fingerprint density at radius 3 is 1.08 bits per heavy atom. The predicted octanol–water partition coefficient (Wildman–Crippen LogP) is 9.38. The molecule has 1 aliphatic rings. The normalized spacial score (nSPS) is 14.0. The first kappa shape index (κ1) is 23.7. The van der Waals surface area contributed by atoms with Gasteiger partial charge < -0.3 is 0 Å². The molecule has 0 aromatic heterocycles. The number of rotatable bonds is 15. The second-order valence-electron chi connectivity index (χ2n) is 7.79. The summed E-state index contributed by atoms with van der Waals surface area (Å²) in [6.07, 6.45) is 32.5. The highest BCUT2D eigenvalue weighted by Crippen LogP contribution is 2.15. The van der Waals surface area contributed by atoms with E-state index >= 15 is 0 Å². The molecule has 0 aromatic rings. The zero-order chi connectivity index (χ0) is 17.6. The molecule has 1 saturated carbocycles. The van der Waals surface area contributed by atoms with Crippen molar-refractivity contribution in [3.63, 3.8) is 0 Å². The summed E-state index contributed by atoms with van der Waals surface area (Å²) in [4.78, 5) is 0. The van der Waals surface area contributed by atoms with Gasteiger partial charge in [-0.2, -0.15) is 0 Å². The van der Waals surface area contributed by atoms with Crippen molar-refractivity contribution < 1.29 is 0 Å². The van der Waals surface area contributed by atoms with Crippen molar-refractivity contribution in [2.75, 3.05) is 0 Å². The molecule has 0 aromatic carbocycles. The summed E-state index contributed by atoms with van der Waals surface area (Å²) in [6, 6.07) is 0. The van der Waals surface area contributed by atoms with E-state index in [2.05, 4.69) is 13.5 Å². The van der Waals surface area contributed by atoms with Gasteiger partial charge in [-0.15, -0.1) is 6.58 Å². The topological polar surface area (TPSA) is 0 Å². The Morgan fingerprint density at radius 1 is 0.500 bits per heavy atom. The Bertz CT molecular complexity index is 203. The van der Waals surface area contributed by atoms with Gasteiger partial charge in [0.15, 0.2) is 0 Å². The third-order valence-corrected chi connectivity index (χ3v) is 5.26. The minimum absolute atomic E-state index is 1.21. The van der Waals surface area contributed by atoms with Crippen LogP contribution >= 0.6 is 0 Å². The molecule has 0 nitrogen and oxygen atoms in total. The van der Waals surface area contributed by atoms with E-state index in [9.17, 15) is 0 Å². The maximum Gasteiger partial charge on any atom is -0.0353 e. The average molecular weight is 337 g/mol. The molecular formula is C24H48.